The molecule has 0 atom stereocenters. The molecule has 10 aromatic rings. The molecule has 2 nitrogen and oxygen atoms in total. The highest BCUT2D eigenvalue weighted by Crippen LogP contribution is 2.62. The molecule has 0 bridgehead atoms. The summed E-state index contributed by atoms with van der Waals surface area (Å²) in [6.45, 7) is 18.8. The van der Waals surface area contributed by atoms with Gasteiger partial charge in [-0.05, 0) is 128 Å². The van der Waals surface area contributed by atoms with Gasteiger partial charge in [0, 0.05) is 44.1 Å². The van der Waals surface area contributed by atoms with Crippen LogP contribution in [-0.4, -0.2) is 15.8 Å². The van der Waals surface area contributed by atoms with Crippen LogP contribution in [0, 0.1) is 24.7 Å². The van der Waals surface area contributed by atoms with Gasteiger partial charge in [0.05, 0.1) is 16.6 Å². The highest BCUT2D eigenvalue weighted by molar-refractivity contribution is 7.00. The summed E-state index contributed by atoms with van der Waals surface area (Å²) in [5, 5.41) is 4.10. The van der Waals surface area contributed by atoms with Crippen LogP contribution in [0.2, 0.25) is 0 Å². The Morgan fingerprint density at radius 1 is 0.470 bits per heavy atom. The monoisotopic (exact) mass is 848 g/mol. The van der Waals surface area contributed by atoms with Gasteiger partial charge in [0.25, 0.3) is 6.71 Å². The number of hydrogen-bond donors (Lipinski definition) is 0. The fraction of sp³-hybridized carbons (Fsp3) is 0.206. The smallest absolute Gasteiger partial charge is 0.252 e. The standard InChI is InChI=1S/C63H53BN2/c1-36-20-24-40(25-21-36)54-44-16-13-19-51-58(44)65(56(54)41-26-22-37(2)23-27-41)53-29-28-49-60-55(53)64(51)52-33-39(35-62(6,7)8)31-46-45-30-38(34-61(3,4)5)32-50(57(45)66(60)59(46)52)63(49)47-17-11-9-14-42(47)43-15-10-12-18-48(43)63/h9-33H,34-35H2,1-8H3. The van der Waals surface area contributed by atoms with Gasteiger partial charge < -0.3 is 9.13 Å². The van der Waals surface area contributed by atoms with Crippen LogP contribution in [0.3, 0.4) is 0 Å². The van der Waals surface area contributed by atoms with Crippen molar-refractivity contribution < 1.29 is 0 Å². The van der Waals surface area contributed by atoms with Gasteiger partial charge >= 0.3 is 0 Å². The molecule has 318 valence electrons. The molecule has 8 aromatic carbocycles. The minimum absolute atomic E-state index is 0.0385. The van der Waals surface area contributed by atoms with E-state index in [1.54, 1.807) is 0 Å². The summed E-state index contributed by atoms with van der Waals surface area (Å²) in [5.74, 6) is 0. The van der Waals surface area contributed by atoms with Crippen molar-refractivity contribution >= 4 is 55.8 Å². The van der Waals surface area contributed by atoms with E-state index < -0.39 is 5.41 Å². The number of para-hydroxylation sites is 1. The molecular formula is C63H53BN2. The highest BCUT2D eigenvalue weighted by atomic mass is 15.1. The zero-order valence-electron chi connectivity index (χ0n) is 39.3. The molecule has 3 aliphatic heterocycles. The van der Waals surface area contributed by atoms with Gasteiger partial charge in [-0.25, -0.2) is 0 Å². The zero-order valence-corrected chi connectivity index (χ0v) is 39.3. The molecule has 0 N–H and O–H groups in total. The first-order valence-corrected chi connectivity index (χ1v) is 24.1. The molecule has 5 heterocycles. The van der Waals surface area contributed by atoms with E-state index >= 15 is 0 Å². The normalized spacial score (nSPS) is 14.6. The summed E-state index contributed by atoms with van der Waals surface area (Å²) in [5.41, 5.74) is 29.5. The van der Waals surface area contributed by atoms with Crippen LogP contribution in [0.4, 0.5) is 0 Å². The molecule has 0 fully saturated rings. The molecule has 1 spiro atoms. The van der Waals surface area contributed by atoms with E-state index in [1.165, 1.54) is 138 Å². The molecule has 2 aromatic heterocycles. The molecule has 4 aliphatic rings. The largest absolute Gasteiger partial charge is 0.310 e. The topological polar surface area (TPSA) is 9.86 Å². The van der Waals surface area contributed by atoms with Crippen LogP contribution >= 0.6 is 0 Å². The second-order valence-corrected chi connectivity index (χ2v) is 22.6. The molecule has 66 heavy (non-hydrogen) atoms. The quantitative estimate of drug-likeness (QED) is 0.156. The molecule has 3 heteroatoms. The van der Waals surface area contributed by atoms with Crippen LogP contribution in [0.1, 0.15) is 86.1 Å². The summed E-state index contributed by atoms with van der Waals surface area (Å²) in [4.78, 5) is 0. The van der Waals surface area contributed by atoms with E-state index in [0.717, 1.165) is 12.8 Å². The van der Waals surface area contributed by atoms with Crippen molar-refractivity contribution in [2.45, 2.75) is 73.6 Å². The fourth-order valence-corrected chi connectivity index (χ4v) is 13.5. The first-order valence-electron chi connectivity index (χ1n) is 24.1. The predicted molar refractivity (Wildman–Crippen MR) is 280 cm³/mol. The van der Waals surface area contributed by atoms with Crippen molar-refractivity contribution in [3.8, 4) is 44.9 Å². The number of benzene rings is 8. The summed E-state index contributed by atoms with van der Waals surface area (Å²) in [7, 11) is 0. The van der Waals surface area contributed by atoms with Gasteiger partial charge in [-0.15, -0.1) is 0 Å². The number of nitrogens with zero attached hydrogens (tertiary/aromatic N) is 2. The lowest BCUT2D eigenvalue weighted by Crippen LogP contribution is -2.60. The second kappa shape index (κ2) is 12.7. The fourth-order valence-electron chi connectivity index (χ4n) is 13.5. The Hall–Kier alpha value is -6.84. The minimum atomic E-state index is -0.514. The van der Waals surface area contributed by atoms with Crippen LogP contribution in [0.25, 0.3) is 77.6 Å². The third kappa shape index (κ3) is 4.88. The molecule has 14 rings (SSSR count). The zero-order chi connectivity index (χ0) is 44.8. The van der Waals surface area contributed by atoms with Gasteiger partial charge in [-0.1, -0.05) is 186 Å². The Kier molecular flexibility index (Phi) is 7.42. The predicted octanol–water partition coefficient (Wildman–Crippen LogP) is 13.7. The lowest BCUT2D eigenvalue weighted by molar-refractivity contribution is 0.411. The first kappa shape index (κ1) is 38.4. The number of fused-ring (bicyclic) bond motifs is 11. The Bertz CT molecular complexity index is 3740. The van der Waals surface area contributed by atoms with Crippen molar-refractivity contribution in [1.82, 2.24) is 9.13 Å². The molecule has 0 saturated carbocycles. The van der Waals surface area contributed by atoms with Gasteiger partial charge in [0.1, 0.15) is 0 Å². The van der Waals surface area contributed by atoms with Crippen LogP contribution < -0.4 is 16.4 Å². The summed E-state index contributed by atoms with van der Waals surface area (Å²) >= 11 is 0. The second-order valence-electron chi connectivity index (χ2n) is 22.6. The van der Waals surface area contributed by atoms with E-state index in [1.807, 2.05) is 0 Å². The maximum Gasteiger partial charge on any atom is 0.252 e. The minimum Gasteiger partial charge on any atom is -0.310 e. The van der Waals surface area contributed by atoms with E-state index in [4.69, 9.17) is 0 Å². The molecule has 0 radical (unpaired) electrons. The molecule has 1 aliphatic carbocycles. The number of hydrogen-bond acceptors (Lipinski definition) is 0. The highest BCUT2D eigenvalue weighted by Gasteiger charge is 2.54. The lowest BCUT2D eigenvalue weighted by Gasteiger charge is -2.44. The third-order valence-electron chi connectivity index (χ3n) is 15.6. The van der Waals surface area contributed by atoms with E-state index in [-0.39, 0.29) is 17.5 Å². The van der Waals surface area contributed by atoms with Gasteiger partial charge in [0.15, 0.2) is 0 Å². The van der Waals surface area contributed by atoms with E-state index in [2.05, 4.69) is 216 Å². The van der Waals surface area contributed by atoms with Crippen LogP contribution in [0.5, 0.6) is 0 Å². The van der Waals surface area contributed by atoms with Crippen molar-refractivity contribution in [2.75, 3.05) is 0 Å². The number of aromatic nitrogens is 2. The Morgan fingerprint density at radius 3 is 1.68 bits per heavy atom. The summed E-state index contributed by atoms with van der Waals surface area (Å²) < 4.78 is 5.46. The lowest BCUT2D eigenvalue weighted by atomic mass is 9.33. The van der Waals surface area contributed by atoms with Crippen LogP contribution in [-0.2, 0) is 18.3 Å². The van der Waals surface area contributed by atoms with E-state index in [0.29, 0.717) is 0 Å². The SMILES string of the molecule is Cc1ccc(-c2c(-c3ccc(C)cc3)n3c4c(cccc24)B2c4c-3ccc3c4-n4c5c2cc(CC(C)(C)C)cc5c2cc(CC(C)(C)C)cc(c24)C32c3ccccc3-c3ccccc32)cc1. The summed E-state index contributed by atoms with van der Waals surface area (Å²) in [6, 6.07) is 59.9. The third-order valence-corrected chi connectivity index (χ3v) is 15.6. The Labute approximate surface area is 388 Å². The maximum absolute atomic E-state index is 2.78. The average molecular weight is 849 g/mol. The number of rotatable bonds is 4. The maximum atomic E-state index is 2.78. The molecular weight excluding hydrogens is 796 g/mol. The van der Waals surface area contributed by atoms with Gasteiger partial charge in [-0.3, -0.25) is 0 Å². The molecule has 0 saturated heterocycles. The van der Waals surface area contributed by atoms with Gasteiger partial charge in [0.2, 0.25) is 0 Å². The van der Waals surface area contributed by atoms with Crippen molar-refractivity contribution in [3.63, 3.8) is 0 Å². The van der Waals surface area contributed by atoms with Crippen LogP contribution in [0.15, 0.2) is 152 Å². The molecule has 0 unspecified atom stereocenters. The van der Waals surface area contributed by atoms with Crippen molar-refractivity contribution in [3.05, 3.63) is 196 Å². The van der Waals surface area contributed by atoms with Gasteiger partial charge in [-0.2, -0.15) is 0 Å². The number of aryl methyl sites for hydroxylation is 2. The summed E-state index contributed by atoms with van der Waals surface area (Å²) in [6.07, 6.45) is 2.00. The Balaban J connectivity index is 1.22. The Morgan fingerprint density at radius 2 is 1.05 bits per heavy atom. The van der Waals surface area contributed by atoms with Crippen molar-refractivity contribution in [2.24, 2.45) is 10.8 Å². The van der Waals surface area contributed by atoms with E-state index in [9.17, 15) is 0 Å². The molecule has 0 amide bonds. The first-order chi connectivity index (χ1) is 31.8. The average Bonchev–Trinajstić information content (AvgIpc) is 3.91. The van der Waals surface area contributed by atoms with Crippen molar-refractivity contribution in [1.29, 1.82) is 0 Å².